The van der Waals surface area contributed by atoms with E-state index in [2.05, 4.69) is 226 Å². The van der Waals surface area contributed by atoms with Gasteiger partial charge in [0.15, 0.2) is 0 Å². The zero-order valence-corrected chi connectivity index (χ0v) is 34.6. The molecular formula is C56H47N3. The smallest absolute Gasteiger partial charge is 0.0541 e. The minimum Gasteiger partial charge on any atom is -0.355 e. The van der Waals surface area contributed by atoms with Crippen LogP contribution < -0.4 is 0 Å². The first kappa shape index (κ1) is 35.3. The van der Waals surface area contributed by atoms with Gasteiger partial charge in [-0.25, -0.2) is 0 Å². The van der Waals surface area contributed by atoms with Crippen LogP contribution in [0.25, 0.3) is 99.0 Å². The Kier molecular flexibility index (Phi) is 7.68. The molecule has 0 saturated carbocycles. The summed E-state index contributed by atoms with van der Waals surface area (Å²) in [5, 5.41) is 7.52. The summed E-state index contributed by atoms with van der Waals surface area (Å²) < 4.78 is 4.81. The average molecular weight is 762 g/mol. The van der Waals surface area contributed by atoms with E-state index in [9.17, 15) is 0 Å². The van der Waals surface area contributed by atoms with Gasteiger partial charge in [-0.05, 0) is 129 Å². The first-order chi connectivity index (χ1) is 28.5. The molecule has 0 spiro atoms. The predicted molar refractivity (Wildman–Crippen MR) is 253 cm³/mol. The fraction of sp³-hybridized carbons (Fsp3) is 0.143. The molecular weight excluding hydrogens is 715 g/mol. The standard InChI is InChI=1S/C56H47N3/c1-55(2,3)39-19-23-41(24-20-39)58-51-13-9-7-11-43(51)47-33-37(17-29-53(47)58)35-15-27-49-45(31-35)46-32-36(16-28-50(46)57-49)38-18-30-54-48(34-38)44-12-8-10-14-52(44)59(54)42-25-21-40(22-26-42)56(4,5)6/h7-34,57H,1-6H3. The molecule has 0 unspecified atom stereocenters. The number of benzene rings is 8. The highest BCUT2D eigenvalue weighted by Crippen LogP contribution is 2.40. The molecule has 0 aliphatic rings. The van der Waals surface area contributed by atoms with Crippen molar-refractivity contribution in [2.75, 3.05) is 0 Å². The van der Waals surface area contributed by atoms with Gasteiger partial charge in [0.1, 0.15) is 0 Å². The number of hydrogen-bond donors (Lipinski definition) is 1. The second-order valence-electron chi connectivity index (χ2n) is 18.4. The molecule has 3 nitrogen and oxygen atoms in total. The van der Waals surface area contributed by atoms with Gasteiger partial charge >= 0.3 is 0 Å². The van der Waals surface area contributed by atoms with Gasteiger partial charge in [0.05, 0.1) is 22.1 Å². The Morgan fingerprint density at radius 1 is 0.322 bits per heavy atom. The third kappa shape index (κ3) is 5.71. The normalized spacial score (nSPS) is 12.6. The molecule has 8 aromatic carbocycles. The van der Waals surface area contributed by atoms with Gasteiger partial charge in [-0.2, -0.15) is 0 Å². The van der Waals surface area contributed by atoms with Crippen molar-refractivity contribution in [3.63, 3.8) is 0 Å². The van der Waals surface area contributed by atoms with Crippen molar-refractivity contribution in [2.24, 2.45) is 0 Å². The number of nitrogens with one attached hydrogen (secondary N) is 1. The van der Waals surface area contributed by atoms with Gasteiger partial charge in [-0.3, -0.25) is 0 Å². The van der Waals surface area contributed by atoms with E-state index in [0.717, 1.165) is 11.0 Å². The Morgan fingerprint density at radius 2 is 0.661 bits per heavy atom. The van der Waals surface area contributed by atoms with Crippen molar-refractivity contribution in [1.29, 1.82) is 0 Å². The number of para-hydroxylation sites is 2. The lowest BCUT2D eigenvalue weighted by atomic mass is 9.87. The van der Waals surface area contributed by atoms with Gasteiger partial charge in [0, 0.05) is 54.7 Å². The van der Waals surface area contributed by atoms with E-state index < -0.39 is 0 Å². The molecule has 11 aromatic rings. The lowest BCUT2D eigenvalue weighted by Crippen LogP contribution is -2.10. The molecule has 286 valence electrons. The molecule has 1 N–H and O–H groups in total. The Hall–Kier alpha value is -6.84. The highest BCUT2D eigenvalue weighted by atomic mass is 15.0. The van der Waals surface area contributed by atoms with E-state index in [1.807, 2.05) is 0 Å². The van der Waals surface area contributed by atoms with Crippen molar-refractivity contribution in [2.45, 2.75) is 52.4 Å². The number of nitrogens with zero attached hydrogens (tertiary/aromatic N) is 2. The molecule has 0 aliphatic heterocycles. The largest absolute Gasteiger partial charge is 0.355 e. The lowest BCUT2D eigenvalue weighted by Gasteiger charge is -2.19. The van der Waals surface area contributed by atoms with E-state index in [0.29, 0.717) is 0 Å². The molecule has 3 aromatic heterocycles. The van der Waals surface area contributed by atoms with Crippen LogP contribution in [-0.4, -0.2) is 14.1 Å². The first-order valence-corrected chi connectivity index (χ1v) is 20.8. The number of aromatic amines is 1. The second-order valence-corrected chi connectivity index (χ2v) is 18.4. The third-order valence-corrected chi connectivity index (χ3v) is 12.6. The van der Waals surface area contributed by atoms with Crippen molar-refractivity contribution in [3.8, 4) is 33.6 Å². The maximum absolute atomic E-state index is 3.71. The number of aromatic nitrogens is 3. The fourth-order valence-corrected chi connectivity index (χ4v) is 9.34. The summed E-state index contributed by atoms with van der Waals surface area (Å²) in [6.07, 6.45) is 0. The minimum absolute atomic E-state index is 0.110. The van der Waals surface area contributed by atoms with E-state index in [1.165, 1.54) is 99.1 Å². The second kappa shape index (κ2) is 12.8. The SMILES string of the molecule is CC(C)(C)c1ccc(-n2c3ccccc3c3cc(-c4ccc5[nH]c6ccc(-c7ccc8c(c7)c7ccccc7n8-c7ccc(C(C)(C)C)cc7)cc6c5c4)ccc32)cc1. The fourth-order valence-electron chi connectivity index (χ4n) is 9.34. The lowest BCUT2D eigenvalue weighted by molar-refractivity contribution is 0.590. The van der Waals surface area contributed by atoms with Crippen LogP contribution in [0.4, 0.5) is 0 Å². The summed E-state index contributed by atoms with van der Waals surface area (Å²) in [6, 6.07) is 63.4. The quantitative estimate of drug-likeness (QED) is 0.185. The number of H-pyrrole nitrogens is 1. The van der Waals surface area contributed by atoms with Gasteiger partial charge in [-0.1, -0.05) is 126 Å². The van der Waals surface area contributed by atoms with Crippen LogP contribution in [0.2, 0.25) is 0 Å². The Labute approximate surface area is 345 Å². The van der Waals surface area contributed by atoms with Crippen LogP contribution >= 0.6 is 0 Å². The monoisotopic (exact) mass is 761 g/mol. The molecule has 0 saturated heterocycles. The van der Waals surface area contributed by atoms with Crippen molar-refractivity contribution in [1.82, 2.24) is 14.1 Å². The average Bonchev–Trinajstić information content (AvgIpc) is 3.89. The summed E-state index contributed by atoms with van der Waals surface area (Å²) in [5.74, 6) is 0. The maximum Gasteiger partial charge on any atom is 0.0541 e. The molecule has 11 rings (SSSR count). The number of hydrogen-bond acceptors (Lipinski definition) is 0. The van der Waals surface area contributed by atoms with Gasteiger partial charge in [-0.15, -0.1) is 0 Å². The van der Waals surface area contributed by atoms with Crippen LogP contribution in [0.3, 0.4) is 0 Å². The summed E-state index contributed by atoms with van der Waals surface area (Å²) in [6.45, 7) is 13.6. The van der Waals surface area contributed by atoms with Crippen LogP contribution in [0.5, 0.6) is 0 Å². The molecule has 0 fully saturated rings. The van der Waals surface area contributed by atoms with Crippen LogP contribution in [-0.2, 0) is 10.8 Å². The molecule has 3 heterocycles. The van der Waals surface area contributed by atoms with Gasteiger partial charge < -0.3 is 14.1 Å². The van der Waals surface area contributed by atoms with Gasteiger partial charge in [0.25, 0.3) is 0 Å². The Bertz CT molecular complexity index is 3200. The Morgan fingerprint density at radius 3 is 1.05 bits per heavy atom. The molecule has 59 heavy (non-hydrogen) atoms. The molecule has 0 amide bonds. The number of fused-ring (bicyclic) bond motifs is 9. The molecule has 3 heteroatoms. The molecule has 0 bridgehead atoms. The summed E-state index contributed by atoms with van der Waals surface area (Å²) in [7, 11) is 0. The van der Waals surface area contributed by atoms with E-state index in [4.69, 9.17) is 0 Å². The first-order valence-electron chi connectivity index (χ1n) is 20.8. The third-order valence-electron chi connectivity index (χ3n) is 12.6. The van der Waals surface area contributed by atoms with E-state index in [1.54, 1.807) is 0 Å². The van der Waals surface area contributed by atoms with Crippen molar-refractivity contribution < 1.29 is 0 Å². The van der Waals surface area contributed by atoms with E-state index in [-0.39, 0.29) is 10.8 Å². The maximum atomic E-state index is 3.71. The highest BCUT2D eigenvalue weighted by molar-refractivity contribution is 6.13. The van der Waals surface area contributed by atoms with Crippen molar-refractivity contribution in [3.05, 3.63) is 181 Å². The summed E-state index contributed by atoms with van der Waals surface area (Å²) in [5.41, 5.74) is 17.3. The molecule has 0 atom stereocenters. The van der Waals surface area contributed by atoms with Crippen molar-refractivity contribution >= 4 is 65.4 Å². The topological polar surface area (TPSA) is 25.6 Å². The Balaban J connectivity index is 0.997. The van der Waals surface area contributed by atoms with Crippen LogP contribution in [0.15, 0.2) is 170 Å². The zero-order chi connectivity index (χ0) is 40.2. The molecule has 0 radical (unpaired) electrons. The van der Waals surface area contributed by atoms with E-state index >= 15 is 0 Å². The predicted octanol–water partition coefficient (Wildman–Crippen LogP) is 15.4. The summed E-state index contributed by atoms with van der Waals surface area (Å²) in [4.78, 5) is 3.71. The highest BCUT2D eigenvalue weighted by Gasteiger charge is 2.19. The summed E-state index contributed by atoms with van der Waals surface area (Å²) >= 11 is 0. The number of rotatable bonds is 4. The minimum atomic E-state index is 0.110. The molecule has 0 aliphatic carbocycles. The van der Waals surface area contributed by atoms with Gasteiger partial charge in [0.2, 0.25) is 0 Å². The van der Waals surface area contributed by atoms with Crippen LogP contribution in [0, 0.1) is 0 Å². The van der Waals surface area contributed by atoms with Crippen LogP contribution in [0.1, 0.15) is 52.7 Å². The zero-order valence-electron chi connectivity index (χ0n) is 34.6.